The molecule has 0 amide bonds. The molecule has 3 nitrogen and oxygen atoms in total. The zero-order chi connectivity index (χ0) is 12.5. The van der Waals surface area contributed by atoms with E-state index >= 15 is 0 Å². The third-order valence-corrected chi connectivity index (χ3v) is 4.90. The molecule has 92 valence electrons. The van der Waals surface area contributed by atoms with Crippen LogP contribution in [0.5, 0.6) is 0 Å². The van der Waals surface area contributed by atoms with Crippen molar-refractivity contribution in [1.29, 1.82) is 0 Å². The Hall–Kier alpha value is -1.46. The van der Waals surface area contributed by atoms with Crippen LogP contribution in [0, 0.1) is 6.92 Å². The van der Waals surface area contributed by atoms with Crippen LogP contribution in [0.2, 0.25) is 0 Å². The summed E-state index contributed by atoms with van der Waals surface area (Å²) in [4.78, 5) is 16.5. The highest BCUT2D eigenvalue weighted by Gasteiger charge is 2.07. The van der Waals surface area contributed by atoms with E-state index < -0.39 is 0 Å². The van der Waals surface area contributed by atoms with Crippen LogP contribution in [0.15, 0.2) is 34.4 Å². The van der Waals surface area contributed by atoms with Gasteiger partial charge >= 0.3 is 0 Å². The van der Waals surface area contributed by atoms with Gasteiger partial charge in [-0.15, -0.1) is 11.3 Å². The van der Waals surface area contributed by atoms with Gasteiger partial charge in [0.25, 0.3) is 5.56 Å². The monoisotopic (exact) mass is 276 g/mol. The molecule has 0 N–H and O–H groups in total. The third-order valence-electron chi connectivity index (χ3n) is 2.75. The predicted molar refractivity (Wildman–Crippen MR) is 76.6 cm³/mol. The van der Waals surface area contributed by atoms with E-state index in [1.807, 2.05) is 40.5 Å². The summed E-state index contributed by atoms with van der Waals surface area (Å²) >= 11 is 3.19. The highest BCUT2D eigenvalue weighted by molar-refractivity contribution is 7.13. The number of aryl methyl sites for hydroxylation is 3. The quantitative estimate of drug-likeness (QED) is 0.737. The highest BCUT2D eigenvalue weighted by Crippen LogP contribution is 2.17. The molecular formula is C13H12N2OS2. The van der Waals surface area contributed by atoms with E-state index in [9.17, 15) is 4.79 Å². The standard InChI is InChI=1S/C13H12N2OS2/c1-9-8-17-12(14-9)6-7-15-13(16)10-4-2-3-5-11(10)18-15/h2-5,8H,6-7H2,1H3. The zero-order valence-corrected chi connectivity index (χ0v) is 11.6. The van der Waals surface area contributed by atoms with Gasteiger partial charge in [0.2, 0.25) is 0 Å². The Bertz CT molecular complexity index is 739. The van der Waals surface area contributed by atoms with Crippen molar-refractivity contribution in [2.75, 3.05) is 0 Å². The van der Waals surface area contributed by atoms with Crippen molar-refractivity contribution in [3.8, 4) is 0 Å². The second-order valence-electron chi connectivity index (χ2n) is 4.13. The summed E-state index contributed by atoms with van der Waals surface area (Å²) in [5, 5.41) is 3.96. The molecule has 0 fully saturated rings. The van der Waals surface area contributed by atoms with Crippen LogP contribution in [-0.2, 0) is 13.0 Å². The molecule has 2 aromatic heterocycles. The van der Waals surface area contributed by atoms with Crippen molar-refractivity contribution in [3.05, 3.63) is 50.7 Å². The summed E-state index contributed by atoms with van der Waals surface area (Å²) in [7, 11) is 0. The van der Waals surface area contributed by atoms with Crippen molar-refractivity contribution in [1.82, 2.24) is 8.94 Å². The van der Waals surface area contributed by atoms with Gasteiger partial charge in [-0.25, -0.2) is 4.98 Å². The molecule has 0 bridgehead atoms. The molecule has 0 atom stereocenters. The summed E-state index contributed by atoms with van der Waals surface area (Å²) in [6, 6.07) is 7.75. The summed E-state index contributed by atoms with van der Waals surface area (Å²) in [5.41, 5.74) is 1.17. The Morgan fingerprint density at radius 2 is 2.17 bits per heavy atom. The molecule has 1 aromatic carbocycles. The Balaban J connectivity index is 1.87. The van der Waals surface area contributed by atoms with Gasteiger partial charge in [0.1, 0.15) is 0 Å². The molecule has 18 heavy (non-hydrogen) atoms. The summed E-state index contributed by atoms with van der Waals surface area (Å²) < 4.78 is 2.87. The second-order valence-corrected chi connectivity index (χ2v) is 6.13. The SMILES string of the molecule is Cc1csc(CCn2sc3ccccc3c2=O)n1. The molecule has 0 spiro atoms. The van der Waals surface area contributed by atoms with E-state index in [-0.39, 0.29) is 5.56 Å². The molecule has 0 unspecified atom stereocenters. The first kappa shape index (κ1) is 11.6. The molecule has 0 saturated heterocycles. The molecule has 2 heterocycles. The number of aromatic nitrogens is 2. The lowest BCUT2D eigenvalue weighted by atomic mass is 10.3. The van der Waals surface area contributed by atoms with E-state index in [2.05, 4.69) is 4.98 Å². The lowest BCUT2D eigenvalue weighted by molar-refractivity contribution is 0.732. The highest BCUT2D eigenvalue weighted by atomic mass is 32.1. The lowest BCUT2D eigenvalue weighted by Gasteiger charge is -1.96. The van der Waals surface area contributed by atoms with Crippen molar-refractivity contribution < 1.29 is 0 Å². The molecule has 0 saturated carbocycles. The van der Waals surface area contributed by atoms with E-state index in [1.54, 1.807) is 11.3 Å². The normalized spacial score (nSPS) is 11.2. The van der Waals surface area contributed by atoms with Crippen molar-refractivity contribution >= 4 is 33.0 Å². The maximum absolute atomic E-state index is 12.1. The second kappa shape index (κ2) is 4.66. The maximum Gasteiger partial charge on any atom is 0.268 e. The fourth-order valence-electron chi connectivity index (χ4n) is 1.88. The van der Waals surface area contributed by atoms with Crippen molar-refractivity contribution in [2.45, 2.75) is 19.9 Å². The van der Waals surface area contributed by atoms with Gasteiger partial charge in [0.05, 0.1) is 15.1 Å². The fraction of sp³-hybridized carbons (Fsp3) is 0.231. The minimum Gasteiger partial charge on any atom is -0.268 e. The number of benzene rings is 1. The van der Waals surface area contributed by atoms with E-state index in [0.717, 1.165) is 27.2 Å². The van der Waals surface area contributed by atoms with E-state index in [1.165, 1.54) is 11.5 Å². The lowest BCUT2D eigenvalue weighted by Crippen LogP contribution is -2.14. The topological polar surface area (TPSA) is 34.9 Å². The molecule has 3 rings (SSSR count). The Labute approximate surface area is 112 Å². The van der Waals surface area contributed by atoms with Gasteiger partial charge in [0.15, 0.2) is 0 Å². The smallest absolute Gasteiger partial charge is 0.268 e. The van der Waals surface area contributed by atoms with Gasteiger partial charge in [-0.2, -0.15) is 0 Å². The van der Waals surface area contributed by atoms with E-state index in [0.29, 0.717) is 6.54 Å². The van der Waals surface area contributed by atoms with Crippen LogP contribution in [0.1, 0.15) is 10.7 Å². The van der Waals surface area contributed by atoms with E-state index in [4.69, 9.17) is 0 Å². The molecule has 3 aromatic rings. The minimum atomic E-state index is 0.115. The molecule has 0 aliphatic carbocycles. The van der Waals surface area contributed by atoms with Crippen molar-refractivity contribution in [3.63, 3.8) is 0 Å². The van der Waals surface area contributed by atoms with Gasteiger partial charge < -0.3 is 0 Å². The van der Waals surface area contributed by atoms with Crippen LogP contribution in [0.3, 0.4) is 0 Å². The van der Waals surface area contributed by atoms with Crippen LogP contribution < -0.4 is 5.56 Å². The zero-order valence-electron chi connectivity index (χ0n) is 9.92. The van der Waals surface area contributed by atoms with Crippen LogP contribution in [-0.4, -0.2) is 8.94 Å². The average Bonchev–Trinajstić information content (AvgIpc) is 2.92. The Kier molecular flexibility index (Phi) is 3.01. The molecule has 0 aliphatic rings. The van der Waals surface area contributed by atoms with Gasteiger partial charge in [0, 0.05) is 24.0 Å². The van der Waals surface area contributed by atoms with Crippen molar-refractivity contribution in [2.24, 2.45) is 0 Å². The third kappa shape index (κ3) is 2.11. The van der Waals surface area contributed by atoms with Gasteiger partial charge in [-0.1, -0.05) is 23.7 Å². The average molecular weight is 276 g/mol. The Morgan fingerprint density at radius 3 is 2.89 bits per heavy atom. The number of thiazole rings is 1. The van der Waals surface area contributed by atoms with Crippen LogP contribution in [0.4, 0.5) is 0 Å². The van der Waals surface area contributed by atoms with Crippen LogP contribution in [0.25, 0.3) is 10.1 Å². The number of fused-ring (bicyclic) bond motifs is 1. The number of hydrogen-bond donors (Lipinski definition) is 0. The number of nitrogens with zero attached hydrogens (tertiary/aromatic N) is 2. The first-order chi connectivity index (χ1) is 8.74. The first-order valence-electron chi connectivity index (χ1n) is 5.74. The Morgan fingerprint density at radius 1 is 1.33 bits per heavy atom. The number of rotatable bonds is 3. The fourth-order valence-corrected chi connectivity index (χ4v) is 3.64. The summed E-state index contributed by atoms with van der Waals surface area (Å²) in [5.74, 6) is 0. The maximum atomic E-state index is 12.1. The van der Waals surface area contributed by atoms with Gasteiger partial charge in [-0.05, 0) is 19.1 Å². The van der Waals surface area contributed by atoms with Gasteiger partial charge in [-0.3, -0.25) is 8.75 Å². The largest absolute Gasteiger partial charge is 0.268 e. The first-order valence-corrected chi connectivity index (χ1v) is 7.39. The van der Waals surface area contributed by atoms with Crippen LogP contribution >= 0.6 is 22.9 Å². The summed E-state index contributed by atoms with van der Waals surface area (Å²) in [6.07, 6.45) is 0.825. The molecule has 0 radical (unpaired) electrons. The molecular weight excluding hydrogens is 264 g/mol. The summed E-state index contributed by atoms with van der Waals surface area (Å²) in [6.45, 7) is 2.71. The molecule has 0 aliphatic heterocycles. The number of hydrogen-bond acceptors (Lipinski definition) is 4. The minimum absolute atomic E-state index is 0.115. The molecule has 5 heteroatoms. The predicted octanol–water partition coefficient (Wildman–Crippen LogP) is 3.07.